The van der Waals surface area contributed by atoms with E-state index in [1.54, 1.807) is 16.8 Å². The van der Waals surface area contributed by atoms with Crippen molar-refractivity contribution < 1.29 is 10.0 Å². The van der Waals surface area contributed by atoms with Crippen LogP contribution >= 0.6 is 11.3 Å². The minimum atomic E-state index is -0.412. The molecule has 0 aromatic carbocycles. The molecular formula is C10H10N2O3S. The average molecular weight is 238 g/mol. The Bertz CT molecular complexity index is 504. The van der Waals surface area contributed by atoms with Crippen molar-refractivity contribution in [3.63, 3.8) is 0 Å². The Morgan fingerprint density at radius 1 is 1.50 bits per heavy atom. The van der Waals surface area contributed by atoms with Gasteiger partial charge in [-0.3, -0.25) is 0 Å². The van der Waals surface area contributed by atoms with Crippen LogP contribution in [0, 0.1) is 10.1 Å². The number of aliphatic hydroxyl groups excluding tert-OH is 1. The third-order valence-corrected chi connectivity index (χ3v) is 3.26. The summed E-state index contributed by atoms with van der Waals surface area (Å²) in [5.74, 6) is 0.0649. The van der Waals surface area contributed by atoms with Crippen LogP contribution in [0.25, 0.3) is 0 Å². The molecule has 0 bridgehead atoms. The quantitative estimate of drug-likeness (QED) is 0.654. The van der Waals surface area contributed by atoms with Gasteiger partial charge in [0.15, 0.2) is 0 Å². The van der Waals surface area contributed by atoms with Gasteiger partial charge >= 0.3 is 5.82 Å². The molecule has 1 N–H and O–H groups in total. The molecule has 2 aromatic heterocycles. The van der Waals surface area contributed by atoms with Crippen LogP contribution in [0.15, 0.2) is 29.8 Å². The van der Waals surface area contributed by atoms with Gasteiger partial charge in [0, 0.05) is 16.5 Å². The fraction of sp³-hybridized carbons (Fsp3) is 0.200. The zero-order valence-electron chi connectivity index (χ0n) is 8.37. The molecule has 0 atom stereocenters. The zero-order valence-corrected chi connectivity index (χ0v) is 9.18. The predicted octanol–water partition coefficient (Wildman–Crippen LogP) is 2.00. The van der Waals surface area contributed by atoms with Crippen LogP contribution in [0.2, 0.25) is 0 Å². The number of aliphatic hydroxyl groups is 1. The highest BCUT2D eigenvalue weighted by molar-refractivity contribution is 7.10. The Hall–Kier alpha value is -1.66. The maximum Gasteiger partial charge on any atom is 0.323 e. The van der Waals surface area contributed by atoms with Crippen molar-refractivity contribution >= 4 is 17.2 Å². The summed E-state index contributed by atoms with van der Waals surface area (Å²) in [7, 11) is 0. The standard InChI is InChI=1S/C10H10N2O3S/c13-7-9-8(3-5-16-9)6-11-4-1-2-10(11)12(14)15/h1-5,13H,6-7H2. The molecule has 16 heavy (non-hydrogen) atoms. The fourth-order valence-electron chi connectivity index (χ4n) is 1.53. The summed E-state index contributed by atoms with van der Waals surface area (Å²) in [6.07, 6.45) is 1.66. The monoisotopic (exact) mass is 238 g/mol. The lowest BCUT2D eigenvalue weighted by Crippen LogP contribution is -2.03. The molecule has 2 heterocycles. The van der Waals surface area contributed by atoms with E-state index in [9.17, 15) is 10.1 Å². The highest BCUT2D eigenvalue weighted by atomic mass is 32.1. The Morgan fingerprint density at radius 3 is 3.00 bits per heavy atom. The van der Waals surface area contributed by atoms with Gasteiger partial charge in [-0.2, -0.15) is 0 Å². The number of nitro groups is 1. The lowest BCUT2D eigenvalue weighted by molar-refractivity contribution is -0.391. The van der Waals surface area contributed by atoms with Crippen LogP contribution in [0.3, 0.4) is 0 Å². The first-order chi connectivity index (χ1) is 7.72. The Labute approximate surface area is 95.7 Å². The smallest absolute Gasteiger partial charge is 0.323 e. The predicted molar refractivity (Wildman–Crippen MR) is 60.4 cm³/mol. The van der Waals surface area contributed by atoms with E-state index in [1.165, 1.54) is 17.4 Å². The van der Waals surface area contributed by atoms with Gasteiger partial charge in [0.05, 0.1) is 12.8 Å². The number of rotatable bonds is 4. The molecule has 0 aliphatic carbocycles. The third kappa shape index (κ3) is 1.98. The Balaban J connectivity index is 2.27. The van der Waals surface area contributed by atoms with E-state index in [0.717, 1.165) is 10.4 Å². The molecule has 0 fully saturated rings. The molecule has 2 aromatic rings. The second-order valence-electron chi connectivity index (χ2n) is 3.28. The molecule has 0 aliphatic rings. The first-order valence-corrected chi connectivity index (χ1v) is 5.56. The van der Waals surface area contributed by atoms with Crippen molar-refractivity contribution in [3.05, 3.63) is 50.3 Å². The molecule has 84 valence electrons. The molecule has 0 spiro atoms. The summed E-state index contributed by atoms with van der Waals surface area (Å²) < 4.78 is 1.56. The first kappa shape index (κ1) is 10.8. The summed E-state index contributed by atoms with van der Waals surface area (Å²) in [4.78, 5) is 11.1. The molecule has 5 nitrogen and oxygen atoms in total. The second-order valence-corrected chi connectivity index (χ2v) is 4.28. The molecule has 0 saturated carbocycles. The van der Waals surface area contributed by atoms with Crippen molar-refractivity contribution in [1.29, 1.82) is 0 Å². The molecule has 0 amide bonds. The van der Waals surface area contributed by atoms with Crippen LogP contribution in [-0.2, 0) is 13.2 Å². The van der Waals surface area contributed by atoms with Gasteiger partial charge in [0.25, 0.3) is 0 Å². The first-order valence-electron chi connectivity index (χ1n) is 4.68. The normalized spacial score (nSPS) is 10.6. The minimum absolute atomic E-state index is 0.0257. The summed E-state index contributed by atoms with van der Waals surface area (Å²) in [5.41, 5.74) is 0.923. The van der Waals surface area contributed by atoms with E-state index in [2.05, 4.69) is 0 Å². The molecule has 0 radical (unpaired) electrons. The molecule has 6 heteroatoms. The second kappa shape index (κ2) is 4.46. The van der Waals surface area contributed by atoms with Gasteiger partial charge < -0.3 is 15.2 Å². The Kier molecular flexibility index (Phi) is 3.02. The number of nitrogens with zero attached hydrogens (tertiary/aromatic N) is 2. The minimum Gasteiger partial charge on any atom is -0.391 e. The van der Waals surface area contributed by atoms with Crippen LogP contribution in [0.5, 0.6) is 0 Å². The van der Waals surface area contributed by atoms with Gasteiger partial charge in [0.1, 0.15) is 6.54 Å². The summed E-state index contributed by atoms with van der Waals surface area (Å²) in [5, 5.41) is 21.7. The van der Waals surface area contributed by atoms with Gasteiger partial charge in [-0.1, -0.05) is 0 Å². The zero-order chi connectivity index (χ0) is 11.5. The van der Waals surface area contributed by atoms with E-state index in [0.29, 0.717) is 6.54 Å². The van der Waals surface area contributed by atoms with Crippen LogP contribution in [-0.4, -0.2) is 14.6 Å². The van der Waals surface area contributed by atoms with Gasteiger partial charge in [-0.15, -0.1) is 11.3 Å². The van der Waals surface area contributed by atoms with E-state index >= 15 is 0 Å². The summed E-state index contributed by atoms with van der Waals surface area (Å²) in [6, 6.07) is 4.98. The average Bonchev–Trinajstić information content (AvgIpc) is 2.86. The highest BCUT2D eigenvalue weighted by Gasteiger charge is 2.13. The Morgan fingerprint density at radius 2 is 2.31 bits per heavy atom. The lowest BCUT2D eigenvalue weighted by atomic mass is 10.2. The highest BCUT2D eigenvalue weighted by Crippen LogP contribution is 2.20. The van der Waals surface area contributed by atoms with Crippen molar-refractivity contribution in [2.75, 3.05) is 0 Å². The van der Waals surface area contributed by atoms with E-state index in [4.69, 9.17) is 5.11 Å². The maximum absolute atomic E-state index is 10.7. The van der Waals surface area contributed by atoms with Crippen molar-refractivity contribution in [2.45, 2.75) is 13.2 Å². The number of thiophene rings is 1. The molecular weight excluding hydrogens is 228 g/mol. The largest absolute Gasteiger partial charge is 0.391 e. The molecule has 0 saturated heterocycles. The number of hydrogen-bond acceptors (Lipinski definition) is 4. The third-order valence-electron chi connectivity index (χ3n) is 2.31. The van der Waals surface area contributed by atoms with E-state index in [-0.39, 0.29) is 12.4 Å². The lowest BCUT2D eigenvalue weighted by Gasteiger charge is -2.02. The van der Waals surface area contributed by atoms with Gasteiger partial charge in [-0.05, 0) is 22.4 Å². The number of aromatic nitrogens is 1. The van der Waals surface area contributed by atoms with Crippen molar-refractivity contribution in [2.24, 2.45) is 0 Å². The van der Waals surface area contributed by atoms with E-state index < -0.39 is 4.92 Å². The summed E-state index contributed by atoms with van der Waals surface area (Å²) in [6.45, 7) is 0.394. The van der Waals surface area contributed by atoms with Crippen LogP contribution in [0.1, 0.15) is 10.4 Å². The van der Waals surface area contributed by atoms with E-state index in [1.807, 2.05) is 11.4 Å². The van der Waals surface area contributed by atoms with Crippen LogP contribution in [0.4, 0.5) is 5.82 Å². The van der Waals surface area contributed by atoms with Crippen molar-refractivity contribution in [1.82, 2.24) is 4.57 Å². The van der Waals surface area contributed by atoms with Crippen molar-refractivity contribution in [3.8, 4) is 0 Å². The summed E-state index contributed by atoms with van der Waals surface area (Å²) >= 11 is 1.45. The molecule has 0 aliphatic heterocycles. The number of hydrogen-bond donors (Lipinski definition) is 1. The molecule has 2 rings (SSSR count). The maximum atomic E-state index is 10.7. The fourth-order valence-corrected chi connectivity index (χ4v) is 2.29. The van der Waals surface area contributed by atoms with Gasteiger partial charge in [-0.25, -0.2) is 4.57 Å². The van der Waals surface area contributed by atoms with Crippen LogP contribution < -0.4 is 0 Å². The molecule has 0 unspecified atom stereocenters. The SMILES string of the molecule is O=[N+]([O-])c1cccn1Cc1ccsc1CO. The van der Waals surface area contributed by atoms with Gasteiger partial charge in [0.2, 0.25) is 0 Å². The topological polar surface area (TPSA) is 68.3 Å².